The number of benzene rings is 1. The Balaban J connectivity index is 1.69. The number of oxazole rings is 1. The summed E-state index contributed by atoms with van der Waals surface area (Å²) in [6, 6.07) is 8.69. The molecule has 4 heteroatoms. The third-order valence-electron chi connectivity index (χ3n) is 4.61. The van der Waals surface area contributed by atoms with Gasteiger partial charge in [-0.05, 0) is 38.8 Å². The molecule has 1 aromatic heterocycles. The highest BCUT2D eigenvalue weighted by Gasteiger charge is 2.46. The van der Waals surface area contributed by atoms with Crippen molar-refractivity contribution in [1.29, 1.82) is 0 Å². The molecule has 2 fully saturated rings. The molecule has 1 saturated heterocycles. The van der Waals surface area contributed by atoms with E-state index in [1.165, 1.54) is 12.8 Å². The number of hydrogen-bond donors (Lipinski definition) is 0. The van der Waals surface area contributed by atoms with Crippen molar-refractivity contribution in [2.75, 3.05) is 18.0 Å². The van der Waals surface area contributed by atoms with Gasteiger partial charge in [0.25, 0.3) is 6.01 Å². The second-order valence-electron chi connectivity index (χ2n) is 7.07. The molecule has 4 nitrogen and oxygen atoms in total. The van der Waals surface area contributed by atoms with E-state index in [1.807, 2.05) is 24.3 Å². The van der Waals surface area contributed by atoms with Crippen LogP contribution in [0.1, 0.15) is 39.5 Å². The largest absolute Gasteiger partial charge is 0.423 e. The van der Waals surface area contributed by atoms with E-state index in [9.17, 15) is 0 Å². The fourth-order valence-electron chi connectivity index (χ4n) is 3.92. The van der Waals surface area contributed by atoms with E-state index in [2.05, 4.69) is 23.7 Å². The van der Waals surface area contributed by atoms with Crippen LogP contribution in [0.25, 0.3) is 11.1 Å². The van der Waals surface area contributed by atoms with Crippen molar-refractivity contribution in [3.63, 3.8) is 0 Å². The number of hydrogen-bond acceptors (Lipinski definition) is 4. The Morgan fingerprint density at radius 2 is 1.86 bits per heavy atom. The van der Waals surface area contributed by atoms with Crippen molar-refractivity contribution in [2.45, 2.75) is 50.7 Å². The molecule has 1 spiro atoms. The van der Waals surface area contributed by atoms with E-state index in [0.29, 0.717) is 0 Å². The number of nitrogens with zero attached hydrogens (tertiary/aromatic N) is 2. The van der Waals surface area contributed by atoms with Gasteiger partial charge in [-0.15, -0.1) is 0 Å². The van der Waals surface area contributed by atoms with Crippen molar-refractivity contribution in [3.05, 3.63) is 24.3 Å². The van der Waals surface area contributed by atoms with Crippen LogP contribution in [-0.2, 0) is 4.74 Å². The van der Waals surface area contributed by atoms with Crippen LogP contribution in [0.5, 0.6) is 0 Å². The number of morpholine rings is 1. The normalized spacial score (nSPS) is 24.0. The molecule has 0 amide bonds. The average Bonchev–Trinajstić information content (AvgIpc) is 3.03. The molecule has 2 aromatic rings. The second-order valence-corrected chi connectivity index (χ2v) is 7.07. The van der Waals surface area contributed by atoms with Crippen LogP contribution in [-0.4, -0.2) is 29.3 Å². The van der Waals surface area contributed by atoms with Crippen LogP contribution in [0.15, 0.2) is 28.7 Å². The standard InChI is InChI=1S/C17H22N2O2/c1-16(2)11-19(12-17(21-16)9-5-6-10-17)15-18-13-7-3-4-8-14(13)20-15/h3-4,7-8H,5-6,9-12H2,1-2H3. The van der Waals surface area contributed by atoms with Crippen LogP contribution in [0.2, 0.25) is 0 Å². The summed E-state index contributed by atoms with van der Waals surface area (Å²) in [7, 11) is 0. The Hall–Kier alpha value is -1.55. The Kier molecular flexibility index (Phi) is 2.80. The van der Waals surface area contributed by atoms with E-state index in [4.69, 9.17) is 9.15 Å². The van der Waals surface area contributed by atoms with E-state index >= 15 is 0 Å². The first-order valence-electron chi connectivity index (χ1n) is 7.86. The number of ether oxygens (including phenoxy) is 1. The fourth-order valence-corrected chi connectivity index (χ4v) is 3.92. The second kappa shape index (κ2) is 4.47. The Bertz CT molecular complexity index is 623. The molecule has 0 atom stereocenters. The number of fused-ring (bicyclic) bond motifs is 1. The van der Waals surface area contributed by atoms with Crippen molar-refractivity contribution in [1.82, 2.24) is 4.98 Å². The fraction of sp³-hybridized carbons (Fsp3) is 0.588. The van der Waals surface area contributed by atoms with E-state index in [-0.39, 0.29) is 11.2 Å². The molecule has 112 valence electrons. The lowest BCUT2D eigenvalue weighted by Crippen LogP contribution is -2.58. The van der Waals surface area contributed by atoms with E-state index in [0.717, 1.165) is 43.0 Å². The van der Waals surface area contributed by atoms with Gasteiger partial charge in [0.2, 0.25) is 0 Å². The third kappa shape index (κ3) is 2.31. The van der Waals surface area contributed by atoms with Crippen LogP contribution < -0.4 is 4.90 Å². The molecule has 2 aliphatic rings. The first-order chi connectivity index (χ1) is 10.1. The van der Waals surface area contributed by atoms with Gasteiger partial charge in [0.05, 0.1) is 24.3 Å². The van der Waals surface area contributed by atoms with Crippen molar-refractivity contribution < 1.29 is 9.15 Å². The first kappa shape index (κ1) is 13.1. The van der Waals surface area contributed by atoms with Crippen LogP contribution in [0.4, 0.5) is 6.01 Å². The molecule has 0 unspecified atom stereocenters. The minimum absolute atomic E-state index is 0.0115. The van der Waals surface area contributed by atoms with Crippen molar-refractivity contribution in [3.8, 4) is 0 Å². The summed E-state index contributed by atoms with van der Waals surface area (Å²) in [5.74, 6) is 0. The van der Waals surface area contributed by atoms with Gasteiger partial charge in [-0.1, -0.05) is 25.0 Å². The zero-order chi connectivity index (χ0) is 14.5. The maximum Gasteiger partial charge on any atom is 0.298 e. The minimum atomic E-state index is -0.163. The molecule has 1 saturated carbocycles. The molecule has 1 aliphatic carbocycles. The first-order valence-corrected chi connectivity index (χ1v) is 7.86. The molecular formula is C17H22N2O2. The highest BCUT2D eigenvalue weighted by atomic mass is 16.5. The predicted octanol–water partition coefficient (Wildman–Crippen LogP) is 3.76. The van der Waals surface area contributed by atoms with Crippen LogP contribution >= 0.6 is 0 Å². The summed E-state index contributed by atoms with van der Waals surface area (Å²) in [5, 5.41) is 0. The lowest BCUT2D eigenvalue weighted by atomic mass is 9.94. The zero-order valence-electron chi connectivity index (χ0n) is 12.8. The lowest BCUT2D eigenvalue weighted by Gasteiger charge is -2.48. The molecule has 0 bridgehead atoms. The highest BCUT2D eigenvalue weighted by molar-refractivity contribution is 5.74. The molecule has 21 heavy (non-hydrogen) atoms. The van der Waals surface area contributed by atoms with Gasteiger partial charge in [-0.3, -0.25) is 0 Å². The summed E-state index contributed by atoms with van der Waals surface area (Å²) in [4.78, 5) is 6.93. The molecule has 4 rings (SSSR count). The van der Waals surface area contributed by atoms with Gasteiger partial charge in [-0.2, -0.15) is 4.98 Å². The molecule has 2 heterocycles. The van der Waals surface area contributed by atoms with Crippen LogP contribution in [0, 0.1) is 0 Å². The number of aromatic nitrogens is 1. The predicted molar refractivity (Wildman–Crippen MR) is 82.6 cm³/mol. The highest BCUT2D eigenvalue weighted by Crippen LogP contribution is 2.42. The smallest absolute Gasteiger partial charge is 0.298 e. The van der Waals surface area contributed by atoms with Gasteiger partial charge in [0, 0.05) is 0 Å². The molecule has 1 aromatic carbocycles. The van der Waals surface area contributed by atoms with Crippen LogP contribution in [0.3, 0.4) is 0 Å². The van der Waals surface area contributed by atoms with E-state index < -0.39 is 0 Å². The molecule has 0 N–H and O–H groups in total. The Morgan fingerprint density at radius 1 is 1.10 bits per heavy atom. The molecule has 0 radical (unpaired) electrons. The van der Waals surface area contributed by atoms with Crippen molar-refractivity contribution in [2.24, 2.45) is 0 Å². The SMILES string of the molecule is CC1(C)CN(c2nc3ccccc3o2)CC2(CCCC2)O1. The van der Waals surface area contributed by atoms with Gasteiger partial charge < -0.3 is 14.1 Å². The lowest BCUT2D eigenvalue weighted by molar-refractivity contribution is -0.149. The van der Waals surface area contributed by atoms with Gasteiger partial charge in [-0.25, -0.2) is 0 Å². The van der Waals surface area contributed by atoms with Gasteiger partial charge in [0.1, 0.15) is 5.52 Å². The van der Waals surface area contributed by atoms with Crippen molar-refractivity contribution >= 4 is 17.1 Å². The number of rotatable bonds is 1. The summed E-state index contributed by atoms with van der Waals surface area (Å²) < 4.78 is 12.4. The van der Waals surface area contributed by atoms with Gasteiger partial charge >= 0.3 is 0 Å². The van der Waals surface area contributed by atoms with Gasteiger partial charge in [0.15, 0.2) is 5.58 Å². The summed E-state index contributed by atoms with van der Waals surface area (Å²) in [6.45, 7) is 6.05. The minimum Gasteiger partial charge on any atom is -0.423 e. The topological polar surface area (TPSA) is 38.5 Å². The maximum atomic E-state index is 6.44. The third-order valence-corrected chi connectivity index (χ3v) is 4.61. The number of anilines is 1. The monoisotopic (exact) mass is 286 g/mol. The molecule has 1 aliphatic heterocycles. The zero-order valence-corrected chi connectivity index (χ0v) is 12.8. The summed E-state index contributed by atoms with van der Waals surface area (Å²) >= 11 is 0. The summed E-state index contributed by atoms with van der Waals surface area (Å²) in [6.07, 6.45) is 4.81. The Morgan fingerprint density at radius 3 is 2.62 bits per heavy atom. The summed E-state index contributed by atoms with van der Waals surface area (Å²) in [5.41, 5.74) is 1.61. The quantitative estimate of drug-likeness (QED) is 0.800. The Labute approximate surface area is 125 Å². The average molecular weight is 286 g/mol. The molecular weight excluding hydrogens is 264 g/mol. The number of para-hydroxylation sites is 2. The van der Waals surface area contributed by atoms with E-state index in [1.54, 1.807) is 0 Å². The maximum absolute atomic E-state index is 6.44.